The minimum absolute atomic E-state index is 0.0126. The summed E-state index contributed by atoms with van der Waals surface area (Å²) in [7, 11) is 0. The first kappa shape index (κ1) is 13.9. The molecule has 0 unspecified atom stereocenters. The van der Waals surface area contributed by atoms with Gasteiger partial charge in [-0.2, -0.15) is 5.26 Å². The van der Waals surface area contributed by atoms with Crippen LogP contribution < -0.4 is 0 Å². The number of hydrogen-bond donors (Lipinski definition) is 0. The summed E-state index contributed by atoms with van der Waals surface area (Å²) in [5.74, 6) is -0.0234. The highest BCUT2D eigenvalue weighted by Crippen LogP contribution is 2.56. The van der Waals surface area contributed by atoms with E-state index in [2.05, 4.69) is 32.6 Å². The van der Waals surface area contributed by atoms with E-state index in [1.165, 1.54) is 5.57 Å². The summed E-state index contributed by atoms with van der Waals surface area (Å²) in [6.07, 6.45) is 5.92. The number of fused-ring (bicyclic) bond motifs is 1. The first-order valence-electron chi connectivity index (χ1n) is 7.53. The van der Waals surface area contributed by atoms with Gasteiger partial charge in [0, 0.05) is 18.3 Å². The molecule has 2 aliphatic carbocycles. The van der Waals surface area contributed by atoms with Gasteiger partial charge in [0.25, 0.3) is 0 Å². The van der Waals surface area contributed by atoms with Crippen LogP contribution in [0.15, 0.2) is 23.8 Å². The Balaban J connectivity index is 1.95. The second kappa shape index (κ2) is 4.72. The second-order valence-corrected chi connectivity index (χ2v) is 6.76. The highest BCUT2D eigenvalue weighted by atomic mass is 16.7. The van der Waals surface area contributed by atoms with Crippen molar-refractivity contribution in [3.05, 3.63) is 23.8 Å². The standard InChI is InChI=1S/C17H23NO2/c1-12(2)13-8-14-10-17(19-6-7-20-17)5-4-16(14,3)15(9-13)11-18/h8,13,15H,1,4-7,9-10H2,2-3H3/t13-,15+,16+/m1/s1. The summed E-state index contributed by atoms with van der Waals surface area (Å²) in [5.41, 5.74) is 2.48. The average Bonchev–Trinajstić information content (AvgIpc) is 2.87. The first-order chi connectivity index (χ1) is 9.49. The lowest BCUT2D eigenvalue weighted by Gasteiger charge is -2.49. The third-order valence-corrected chi connectivity index (χ3v) is 5.48. The molecule has 0 aromatic rings. The molecule has 2 fully saturated rings. The van der Waals surface area contributed by atoms with E-state index in [1.807, 2.05) is 0 Å². The molecular formula is C17H23NO2. The Kier molecular flexibility index (Phi) is 3.27. The minimum Gasteiger partial charge on any atom is -0.347 e. The molecule has 3 aliphatic rings. The highest BCUT2D eigenvalue weighted by molar-refractivity contribution is 5.30. The number of ether oxygens (including phenoxy) is 2. The van der Waals surface area contributed by atoms with Gasteiger partial charge in [0.1, 0.15) is 0 Å². The van der Waals surface area contributed by atoms with Crippen LogP contribution >= 0.6 is 0 Å². The molecule has 1 spiro atoms. The molecule has 0 bridgehead atoms. The van der Waals surface area contributed by atoms with Crippen molar-refractivity contribution in [1.82, 2.24) is 0 Å². The topological polar surface area (TPSA) is 42.2 Å². The maximum absolute atomic E-state index is 9.58. The predicted octanol–water partition coefficient (Wildman–Crippen LogP) is 3.58. The summed E-state index contributed by atoms with van der Waals surface area (Å²) in [5, 5.41) is 9.58. The molecule has 20 heavy (non-hydrogen) atoms. The quantitative estimate of drug-likeness (QED) is 0.686. The lowest BCUT2D eigenvalue weighted by atomic mass is 9.57. The van der Waals surface area contributed by atoms with E-state index in [4.69, 9.17) is 9.47 Å². The summed E-state index contributed by atoms with van der Waals surface area (Å²) in [6, 6.07) is 2.54. The Morgan fingerprint density at radius 1 is 1.40 bits per heavy atom. The van der Waals surface area contributed by atoms with E-state index in [9.17, 15) is 5.26 Å². The molecule has 3 nitrogen and oxygen atoms in total. The molecule has 3 heteroatoms. The van der Waals surface area contributed by atoms with Gasteiger partial charge in [-0.25, -0.2) is 0 Å². The Hall–Kier alpha value is -1.11. The highest BCUT2D eigenvalue weighted by Gasteiger charge is 2.52. The fourth-order valence-electron chi connectivity index (χ4n) is 3.95. The van der Waals surface area contributed by atoms with Gasteiger partial charge >= 0.3 is 0 Å². The zero-order valence-electron chi connectivity index (χ0n) is 12.4. The third-order valence-electron chi connectivity index (χ3n) is 5.48. The van der Waals surface area contributed by atoms with Gasteiger partial charge in [-0.15, -0.1) is 0 Å². The first-order valence-corrected chi connectivity index (χ1v) is 7.53. The van der Waals surface area contributed by atoms with Crippen molar-refractivity contribution in [2.24, 2.45) is 17.3 Å². The summed E-state index contributed by atoms with van der Waals surface area (Å²) >= 11 is 0. The van der Waals surface area contributed by atoms with Gasteiger partial charge in [0.15, 0.2) is 5.79 Å². The number of hydrogen-bond acceptors (Lipinski definition) is 3. The number of rotatable bonds is 1. The van der Waals surface area contributed by atoms with Crippen LogP contribution in [0.4, 0.5) is 0 Å². The molecule has 0 aromatic heterocycles. The van der Waals surface area contributed by atoms with Crippen LogP contribution in [-0.4, -0.2) is 19.0 Å². The molecule has 3 rings (SSSR count). The Morgan fingerprint density at radius 3 is 2.70 bits per heavy atom. The van der Waals surface area contributed by atoms with Crippen molar-refractivity contribution < 1.29 is 9.47 Å². The van der Waals surface area contributed by atoms with Crippen molar-refractivity contribution in [1.29, 1.82) is 5.26 Å². The van der Waals surface area contributed by atoms with Crippen LogP contribution in [0, 0.1) is 28.6 Å². The molecular weight excluding hydrogens is 250 g/mol. The largest absolute Gasteiger partial charge is 0.347 e. The van der Waals surface area contributed by atoms with Gasteiger partial charge in [-0.3, -0.25) is 0 Å². The van der Waals surface area contributed by atoms with E-state index >= 15 is 0 Å². The van der Waals surface area contributed by atoms with Gasteiger partial charge < -0.3 is 9.47 Å². The van der Waals surface area contributed by atoms with Gasteiger partial charge in [0.05, 0.1) is 25.2 Å². The SMILES string of the molecule is C=C(C)[C@@H]1C=C2CC3(CC[C@]2(C)[C@H](C#N)C1)OCCO3. The van der Waals surface area contributed by atoms with Crippen LogP contribution in [-0.2, 0) is 9.47 Å². The summed E-state index contributed by atoms with van der Waals surface area (Å²) in [4.78, 5) is 0. The maximum atomic E-state index is 9.58. The van der Waals surface area contributed by atoms with Crippen molar-refractivity contribution in [2.75, 3.05) is 13.2 Å². The number of nitriles is 1. The number of nitrogens with zero attached hydrogens (tertiary/aromatic N) is 1. The molecule has 0 N–H and O–H groups in total. The fraction of sp³-hybridized carbons (Fsp3) is 0.706. The Bertz CT molecular complexity index is 496. The third kappa shape index (κ3) is 2.03. The molecule has 3 atom stereocenters. The molecule has 0 aromatic carbocycles. The monoisotopic (exact) mass is 273 g/mol. The zero-order valence-corrected chi connectivity index (χ0v) is 12.4. The van der Waals surface area contributed by atoms with Crippen molar-refractivity contribution >= 4 is 0 Å². The predicted molar refractivity (Wildman–Crippen MR) is 76.7 cm³/mol. The normalized spacial score (nSPS) is 39.0. The van der Waals surface area contributed by atoms with E-state index < -0.39 is 5.79 Å². The van der Waals surface area contributed by atoms with E-state index in [0.717, 1.165) is 31.3 Å². The van der Waals surface area contributed by atoms with Crippen molar-refractivity contribution in [2.45, 2.75) is 45.3 Å². The molecule has 1 saturated carbocycles. The maximum Gasteiger partial charge on any atom is 0.172 e. The zero-order chi connectivity index (χ0) is 14.4. The fourth-order valence-corrected chi connectivity index (χ4v) is 3.95. The summed E-state index contributed by atoms with van der Waals surface area (Å²) < 4.78 is 11.7. The smallest absolute Gasteiger partial charge is 0.172 e. The molecule has 1 aliphatic heterocycles. The van der Waals surface area contributed by atoms with Gasteiger partial charge in [-0.1, -0.05) is 30.7 Å². The molecule has 1 saturated heterocycles. The molecule has 1 heterocycles. The Morgan fingerprint density at radius 2 is 2.10 bits per heavy atom. The molecule has 0 radical (unpaired) electrons. The van der Waals surface area contributed by atoms with Crippen LogP contribution in [0.2, 0.25) is 0 Å². The molecule has 0 amide bonds. The molecule has 108 valence electrons. The second-order valence-electron chi connectivity index (χ2n) is 6.76. The summed E-state index contributed by atoms with van der Waals surface area (Å²) in [6.45, 7) is 9.76. The number of allylic oxidation sites excluding steroid dienone is 2. The minimum atomic E-state index is -0.414. The van der Waals surface area contributed by atoms with Crippen molar-refractivity contribution in [3.8, 4) is 6.07 Å². The van der Waals surface area contributed by atoms with Gasteiger partial charge in [-0.05, 0) is 25.7 Å². The van der Waals surface area contributed by atoms with Crippen LogP contribution in [0.25, 0.3) is 0 Å². The lowest BCUT2D eigenvalue weighted by molar-refractivity contribution is -0.179. The lowest BCUT2D eigenvalue weighted by Crippen LogP contribution is -2.45. The average molecular weight is 273 g/mol. The van der Waals surface area contributed by atoms with Gasteiger partial charge in [0.2, 0.25) is 0 Å². The Labute approximate surface area is 121 Å². The van der Waals surface area contributed by atoms with Crippen molar-refractivity contribution in [3.63, 3.8) is 0 Å². The van der Waals surface area contributed by atoms with E-state index in [-0.39, 0.29) is 11.3 Å². The van der Waals surface area contributed by atoms with Crippen LogP contribution in [0.3, 0.4) is 0 Å². The van der Waals surface area contributed by atoms with Crippen LogP contribution in [0.5, 0.6) is 0 Å². The van der Waals surface area contributed by atoms with E-state index in [1.54, 1.807) is 0 Å². The van der Waals surface area contributed by atoms with Crippen LogP contribution in [0.1, 0.15) is 39.5 Å². The van der Waals surface area contributed by atoms with E-state index in [0.29, 0.717) is 19.1 Å².